The zero-order valence-corrected chi connectivity index (χ0v) is 14.1. The van der Waals surface area contributed by atoms with E-state index in [1.807, 2.05) is 49.5 Å². The molecule has 0 bridgehead atoms. The molecule has 0 fully saturated rings. The first-order chi connectivity index (χ1) is 11.8. The van der Waals surface area contributed by atoms with Crippen LogP contribution in [0.2, 0.25) is 0 Å². The fourth-order valence-electron chi connectivity index (χ4n) is 2.95. The molecular formula is C21H23NO2. The largest absolute Gasteiger partial charge is 0.482 e. The van der Waals surface area contributed by atoms with Crippen molar-refractivity contribution in [2.24, 2.45) is 0 Å². The first-order valence-electron chi connectivity index (χ1n) is 8.20. The van der Waals surface area contributed by atoms with Crippen LogP contribution in [0, 0.1) is 0 Å². The third-order valence-corrected chi connectivity index (χ3v) is 4.18. The summed E-state index contributed by atoms with van der Waals surface area (Å²) in [5, 5.41) is 5.47. The van der Waals surface area contributed by atoms with Gasteiger partial charge in [0.25, 0.3) is 0 Å². The number of benzene rings is 3. The van der Waals surface area contributed by atoms with E-state index < -0.39 is 0 Å². The lowest BCUT2D eigenvalue weighted by atomic mass is 10.0. The van der Waals surface area contributed by atoms with Crippen LogP contribution in [0.3, 0.4) is 0 Å². The smallest absolute Gasteiger partial charge is 0.151 e. The van der Waals surface area contributed by atoms with Crippen molar-refractivity contribution in [1.29, 1.82) is 0 Å². The summed E-state index contributed by atoms with van der Waals surface area (Å²) in [5.41, 5.74) is 1.10. The monoisotopic (exact) mass is 321 g/mol. The molecule has 2 atom stereocenters. The molecule has 0 aromatic heterocycles. The molecule has 0 aliphatic carbocycles. The van der Waals surface area contributed by atoms with Gasteiger partial charge in [-0.2, -0.15) is 0 Å². The van der Waals surface area contributed by atoms with Crippen LogP contribution in [-0.4, -0.2) is 26.8 Å². The standard InChI is InChI=1S/C21H23NO2/c1-22-15-20(23-2)21(17-10-4-3-5-11-17)24-19-14-8-12-16-9-6-7-13-18(16)19/h3-14,20-22H,15H2,1-2H3/t20-,21+/m1/s1. The number of nitrogens with one attached hydrogen (secondary N) is 1. The van der Waals surface area contributed by atoms with E-state index in [1.54, 1.807) is 7.11 Å². The quantitative estimate of drug-likeness (QED) is 0.707. The maximum absolute atomic E-state index is 6.45. The maximum Gasteiger partial charge on any atom is 0.151 e. The second-order valence-corrected chi connectivity index (χ2v) is 5.76. The average Bonchev–Trinajstić information content (AvgIpc) is 2.65. The normalized spacial score (nSPS) is 13.6. The Bertz CT molecular complexity index is 768. The Morgan fingerprint density at radius 1 is 0.875 bits per heavy atom. The van der Waals surface area contributed by atoms with Crippen molar-refractivity contribution < 1.29 is 9.47 Å². The van der Waals surface area contributed by atoms with Crippen molar-refractivity contribution >= 4 is 10.8 Å². The lowest BCUT2D eigenvalue weighted by Gasteiger charge is -2.28. The van der Waals surface area contributed by atoms with Gasteiger partial charge in [0.05, 0.1) is 0 Å². The summed E-state index contributed by atoms with van der Waals surface area (Å²) in [5.74, 6) is 0.875. The molecule has 0 saturated carbocycles. The Balaban J connectivity index is 1.99. The number of likely N-dealkylation sites (N-methyl/N-ethyl adjacent to an activating group) is 1. The van der Waals surface area contributed by atoms with Gasteiger partial charge in [-0.3, -0.25) is 0 Å². The topological polar surface area (TPSA) is 30.5 Å². The number of methoxy groups -OCH3 is 1. The molecule has 1 N–H and O–H groups in total. The van der Waals surface area contributed by atoms with E-state index in [2.05, 4.69) is 35.6 Å². The molecule has 3 heteroatoms. The average molecular weight is 321 g/mol. The summed E-state index contributed by atoms with van der Waals surface area (Å²) >= 11 is 0. The molecule has 0 spiro atoms. The number of hydrogen-bond donors (Lipinski definition) is 1. The highest BCUT2D eigenvalue weighted by atomic mass is 16.5. The van der Waals surface area contributed by atoms with Crippen molar-refractivity contribution in [3.8, 4) is 5.75 Å². The predicted octanol–water partition coefficient (Wildman–Crippen LogP) is 4.19. The molecule has 124 valence electrons. The molecule has 3 rings (SSSR count). The molecule has 24 heavy (non-hydrogen) atoms. The van der Waals surface area contributed by atoms with E-state index in [0.29, 0.717) is 6.54 Å². The number of hydrogen-bond acceptors (Lipinski definition) is 3. The Morgan fingerprint density at radius 3 is 2.33 bits per heavy atom. The Morgan fingerprint density at radius 2 is 1.58 bits per heavy atom. The summed E-state index contributed by atoms with van der Waals surface area (Å²) in [6.45, 7) is 0.709. The molecule has 0 saturated heterocycles. The second-order valence-electron chi connectivity index (χ2n) is 5.76. The van der Waals surface area contributed by atoms with E-state index >= 15 is 0 Å². The van der Waals surface area contributed by atoms with Gasteiger partial charge in [-0.05, 0) is 24.1 Å². The minimum absolute atomic E-state index is 0.0867. The van der Waals surface area contributed by atoms with Crippen LogP contribution in [0.25, 0.3) is 10.8 Å². The molecule has 3 aromatic carbocycles. The van der Waals surface area contributed by atoms with Crippen LogP contribution in [0.15, 0.2) is 72.8 Å². The van der Waals surface area contributed by atoms with Crippen molar-refractivity contribution in [1.82, 2.24) is 5.32 Å². The highest BCUT2D eigenvalue weighted by Gasteiger charge is 2.25. The summed E-state index contributed by atoms with van der Waals surface area (Å²) < 4.78 is 12.2. The van der Waals surface area contributed by atoms with Crippen molar-refractivity contribution in [2.75, 3.05) is 20.7 Å². The minimum Gasteiger partial charge on any atom is -0.482 e. The fraction of sp³-hybridized carbons (Fsp3) is 0.238. The SMILES string of the molecule is CNC[C@@H](OC)[C@@H](Oc1cccc2ccccc12)c1ccccc1. The second kappa shape index (κ2) is 7.95. The number of fused-ring (bicyclic) bond motifs is 1. The van der Waals surface area contributed by atoms with E-state index in [1.165, 1.54) is 5.39 Å². The Labute approximate surface area is 143 Å². The molecular weight excluding hydrogens is 298 g/mol. The van der Waals surface area contributed by atoms with Gasteiger partial charge < -0.3 is 14.8 Å². The van der Waals surface area contributed by atoms with Gasteiger partial charge in [-0.25, -0.2) is 0 Å². The van der Waals surface area contributed by atoms with Crippen LogP contribution >= 0.6 is 0 Å². The molecule has 0 radical (unpaired) electrons. The van der Waals surface area contributed by atoms with Gasteiger partial charge in [-0.15, -0.1) is 0 Å². The fourth-order valence-corrected chi connectivity index (χ4v) is 2.95. The number of rotatable bonds is 7. The minimum atomic E-state index is -0.186. The van der Waals surface area contributed by atoms with E-state index in [9.17, 15) is 0 Å². The van der Waals surface area contributed by atoms with Crippen molar-refractivity contribution in [3.05, 3.63) is 78.4 Å². The Kier molecular flexibility index (Phi) is 5.47. The molecule has 0 aliphatic heterocycles. The first-order valence-corrected chi connectivity index (χ1v) is 8.20. The Hall–Kier alpha value is -2.36. The molecule has 0 amide bonds. The lowest BCUT2D eigenvalue weighted by Crippen LogP contribution is -2.34. The molecule has 0 aliphatic rings. The van der Waals surface area contributed by atoms with Crippen LogP contribution in [0.1, 0.15) is 11.7 Å². The predicted molar refractivity (Wildman–Crippen MR) is 98.5 cm³/mol. The van der Waals surface area contributed by atoms with Gasteiger partial charge in [0.1, 0.15) is 11.9 Å². The summed E-state index contributed by atoms with van der Waals surface area (Å²) in [6.07, 6.45) is -0.272. The summed E-state index contributed by atoms with van der Waals surface area (Å²) in [7, 11) is 3.65. The highest BCUT2D eigenvalue weighted by molar-refractivity contribution is 5.88. The van der Waals surface area contributed by atoms with E-state index in [0.717, 1.165) is 16.7 Å². The van der Waals surface area contributed by atoms with Gasteiger partial charge in [0.15, 0.2) is 6.10 Å². The van der Waals surface area contributed by atoms with E-state index in [-0.39, 0.29) is 12.2 Å². The zero-order valence-electron chi connectivity index (χ0n) is 14.1. The van der Waals surface area contributed by atoms with Crippen LogP contribution in [-0.2, 0) is 4.74 Å². The lowest BCUT2D eigenvalue weighted by molar-refractivity contribution is 0.00328. The van der Waals surface area contributed by atoms with Crippen LogP contribution < -0.4 is 10.1 Å². The summed E-state index contributed by atoms with van der Waals surface area (Å²) in [4.78, 5) is 0. The van der Waals surface area contributed by atoms with Gasteiger partial charge in [0.2, 0.25) is 0 Å². The van der Waals surface area contributed by atoms with Crippen molar-refractivity contribution in [2.45, 2.75) is 12.2 Å². The third kappa shape index (κ3) is 3.58. The van der Waals surface area contributed by atoms with Gasteiger partial charge in [-0.1, -0.05) is 66.7 Å². The maximum atomic E-state index is 6.45. The van der Waals surface area contributed by atoms with E-state index in [4.69, 9.17) is 9.47 Å². The highest BCUT2D eigenvalue weighted by Crippen LogP contribution is 2.31. The molecule has 0 unspecified atom stereocenters. The van der Waals surface area contributed by atoms with Gasteiger partial charge >= 0.3 is 0 Å². The molecule has 0 heterocycles. The number of ether oxygens (including phenoxy) is 2. The van der Waals surface area contributed by atoms with Crippen LogP contribution in [0.4, 0.5) is 0 Å². The zero-order chi connectivity index (χ0) is 16.8. The molecule has 3 nitrogen and oxygen atoms in total. The first kappa shape index (κ1) is 16.5. The van der Waals surface area contributed by atoms with Crippen molar-refractivity contribution in [3.63, 3.8) is 0 Å². The van der Waals surface area contributed by atoms with Crippen LogP contribution in [0.5, 0.6) is 5.75 Å². The summed E-state index contributed by atoms with van der Waals surface area (Å²) in [6, 6.07) is 24.6. The van der Waals surface area contributed by atoms with Gasteiger partial charge in [0, 0.05) is 19.0 Å². The third-order valence-electron chi connectivity index (χ3n) is 4.18. The molecule has 3 aromatic rings.